The van der Waals surface area contributed by atoms with Crippen LogP contribution in [0.15, 0.2) is 29.3 Å². The van der Waals surface area contributed by atoms with Crippen LogP contribution in [-0.2, 0) is 0 Å². The van der Waals surface area contributed by atoms with Crippen LogP contribution >= 0.6 is 23.4 Å². The Bertz CT molecular complexity index is 476. The summed E-state index contributed by atoms with van der Waals surface area (Å²) in [5, 5.41) is 5.76. The molecule has 95 valence electrons. The Morgan fingerprint density at radius 1 is 1.56 bits per heavy atom. The first-order chi connectivity index (χ1) is 8.70. The summed E-state index contributed by atoms with van der Waals surface area (Å²) in [5.74, 6) is -0.316. The van der Waals surface area contributed by atoms with Crippen molar-refractivity contribution in [1.29, 1.82) is 0 Å². The Balaban J connectivity index is 2.06. The zero-order valence-corrected chi connectivity index (χ0v) is 11.7. The van der Waals surface area contributed by atoms with Gasteiger partial charge in [0.25, 0.3) is 5.91 Å². The number of benzene rings is 1. The number of amides is 1. The molecular formula is C13H14ClN2OS. The van der Waals surface area contributed by atoms with Crippen LogP contribution in [0, 0.1) is 0 Å². The summed E-state index contributed by atoms with van der Waals surface area (Å²) in [5.41, 5.74) is 0.432. The van der Waals surface area contributed by atoms with E-state index in [-0.39, 0.29) is 5.91 Å². The van der Waals surface area contributed by atoms with Crippen LogP contribution in [0.2, 0.25) is 5.02 Å². The molecule has 1 saturated heterocycles. The first kappa shape index (κ1) is 13.4. The molecule has 1 aliphatic rings. The lowest BCUT2D eigenvalue weighted by molar-refractivity contribution is 0.100. The summed E-state index contributed by atoms with van der Waals surface area (Å²) < 4.78 is 0. The van der Waals surface area contributed by atoms with E-state index in [1.54, 1.807) is 36.0 Å². The normalized spacial score (nSPS) is 21.0. The van der Waals surface area contributed by atoms with E-state index in [0.29, 0.717) is 21.0 Å². The van der Waals surface area contributed by atoms with Crippen molar-refractivity contribution in [3.8, 4) is 0 Å². The van der Waals surface area contributed by atoms with Gasteiger partial charge in [0.2, 0.25) is 0 Å². The standard InChI is InChI=1S/C13H14ClN2OS/c1-2-5-9-8-15-13(18-9)16-12(17)10-6-3-4-7-11(10)14/h3-4,6-7,9H,2,5,8H2,1H3. The van der Waals surface area contributed by atoms with Crippen molar-refractivity contribution in [2.24, 2.45) is 4.99 Å². The SMILES string of the molecule is CCCC1C[N]C(=NC(=O)c2ccccc2Cl)S1. The number of thioether (sulfide) groups is 1. The van der Waals surface area contributed by atoms with Gasteiger partial charge >= 0.3 is 0 Å². The topological polar surface area (TPSA) is 43.5 Å². The molecule has 1 radical (unpaired) electrons. The van der Waals surface area contributed by atoms with E-state index < -0.39 is 0 Å². The number of hydrogen-bond donors (Lipinski definition) is 0. The lowest BCUT2D eigenvalue weighted by Gasteiger charge is -2.01. The molecule has 1 amide bonds. The Morgan fingerprint density at radius 2 is 2.33 bits per heavy atom. The third-order valence-electron chi connectivity index (χ3n) is 2.61. The summed E-state index contributed by atoms with van der Waals surface area (Å²) in [7, 11) is 0. The van der Waals surface area contributed by atoms with Crippen LogP contribution in [0.1, 0.15) is 30.1 Å². The first-order valence-electron chi connectivity index (χ1n) is 5.92. The maximum absolute atomic E-state index is 11.9. The fourth-order valence-electron chi connectivity index (χ4n) is 1.72. The van der Waals surface area contributed by atoms with Crippen LogP contribution in [-0.4, -0.2) is 22.9 Å². The van der Waals surface area contributed by atoms with E-state index >= 15 is 0 Å². The highest BCUT2D eigenvalue weighted by Crippen LogP contribution is 2.24. The monoisotopic (exact) mass is 281 g/mol. The molecule has 1 fully saturated rings. The second-order valence-electron chi connectivity index (χ2n) is 4.05. The molecular weight excluding hydrogens is 268 g/mol. The highest BCUT2D eigenvalue weighted by molar-refractivity contribution is 8.14. The molecule has 2 rings (SSSR count). The number of amidine groups is 1. The minimum Gasteiger partial charge on any atom is -0.267 e. The Morgan fingerprint density at radius 3 is 3.06 bits per heavy atom. The Hall–Kier alpha value is -1.000. The molecule has 0 bridgehead atoms. The quantitative estimate of drug-likeness (QED) is 0.853. The fraction of sp³-hybridized carbons (Fsp3) is 0.385. The molecule has 0 N–H and O–H groups in total. The molecule has 1 aromatic rings. The second kappa shape index (κ2) is 6.25. The van der Waals surface area contributed by atoms with Crippen LogP contribution in [0.25, 0.3) is 0 Å². The molecule has 3 nitrogen and oxygen atoms in total. The van der Waals surface area contributed by atoms with Gasteiger partial charge in [-0.25, -0.2) is 0 Å². The van der Waals surface area contributed by atoms with Gasteiger partial charge in [0, 0.05) is 5.25 Å². The molecule has 0 spiro atoms. The van der Waals surface area contributed by atoms with Crippen molar-refractivity contribution in [2.75, 3.05) is 6.54 Å². The lowest BCUT2D eigenvalue weighted by atomic mass is 10.2. The summed E-state index contributed by atoms with van der Waals surface area (Å²) in [6, 6.07) is 6.93. The number of aliphatic imine (C=N–C) groups is 1. The first-order valence-corrected chi connectivity index (χ1v) is 7.18. The predicted octanol–water partition coefficient (Wildman–Crippen LogP) is 3.36. The van der Waals surface area contributed by atoms with E-state index in [4.69, 9.17) is 11.6 Å². The number of halogens is 1. The number of rotatable bonds is 3. The van der Waals surface area contributed by atoms with Crippen LogP contribution < -0.4 is 5.32 Å². The second-order valence-corrected chi connectivity index (χ2v) is 5.72. The maximum Gasteiger partial charge on any atom is 0.280 e. The average molecular weight is 282 g/mol. The molecule has 0 saturated carbocycles. The van der Waals surface area contributed by atoms with E-state index in [9.17, 15) is 4.79 Å². The minimum atomic E-state index is -0.316. The summed E-state index contributed by atoms with van der Waals surface area (Å²) in [4.78, 5) is 16.0. The molecule has 0 aromatic heterocycles. The van der Waals surface area contributed by atoms with Crippen molar-refractivity contribution in [3.05, 3.63) is 34.9 Å². The lowest BCUT2D eigenvalue weighted by Crippen LogP contribution is -2.09. The van der Waals surface area contributed by atoms with Crippen LogP contribution in [0.3, 0.4) is 0 Å². The zero-order chi connectivity index (χ0) is 13.0. The van der Waals surface area contributed by atoms with E-state index in [1.165, 1.54) is 0 Å². The smallest absolute Gasteiger partial charge is 0.267 e. The highest BCUT2D eigenvalue weighted by Gasteiger charge is 2.23. The van der Waals surface area contributed by atoms with E-state index in [1.807, 2.05) is 0 Å². The van der Waals surface area contributed by atoms with Gasteiger partial charge in [-0.05, 0) is 18.6 Å². The van der Waals surface area contributed by atoms with E-state index in [0.717, 1.165) is 19.4 Å². The maximum atomic E-state index is 11.9. The largest absolute Gasteiger partial charge is 0.280 e. The molecule has 1 heterocycles. The fourth-order valence-corrected chi connectivity index (χ4v) is 3.02. The van der Waals surface area contributed by atoms with Crippen molar-refractivity contribution in [1.82, 2.24) is 5.32 Å². The third-order valence-corrected chi connectivity index (χ3v) is 4.09. The van der Waals surface area contributed by atoms with Gasteiger partial charge < -0.3 is 0 Å². The molecule has 5 heteroatoms. The molecule has 1 atom stereocenters. The van der Waals surface area contributed by atoms with Crippen LogP contribution in [0.4, 0.5) is 0 Å². The van der Waals surface area contributed by atoms with Gasteiger partial charge in [-0.1, -0.05) is 48.8 Å². The summed E-state index contributed by atoms with van der Waals surface area (Å²) in [6.07, 6.45) is 2.23. The van der Waals surface area contributed by atoms with Gasteiger partial charge in [-0.3, -0.25) is 10.1 Å². The minimum absolute atomic E-state index is 0.316. The molecule has 1 aliphatic heterocycles. The van der Waals surface area contributed by atoms with Gasteiger partial charge in [-0.2, -0.15) is 4.99 Å². The molecule has 0 aliphatic carbocycles. The van der Waals surface area contributed by atoms with E-state index in [2.05, 4.69) is 17.2 Å². The van der Waals surface area contributed by atoms with Gasteiger partial charge in [0.05, 0.1) is 17.1 Å². The number of carbonyl (C=O) groups excluding carboxylic acids is 1. The average Bonchev–Trinajstić information content (AvgIpc) is 2.77. The number of carbonyl (C=O) groups is 1. The van der Waals surface area contributed by atoms with Crippen molar-refractivity contribution in [2.45, 2.75) is 25.0 Å². The third kappa shape index (κ3) is 3.27. The van der Waals surface area contributed by atoms with Crippen molar-refractivity contribution in [3.63, 3.8) is 0 Å². The van der Waals surface area contributed by atoms with Gasteiger partial charge in [0.1, 0.15) is 0 Å². The van der Waals surface area contributed by atoms with Gasteiger partial charge in [-0.15, -0.1) is 0 Å². The molecule has 1 aromatic carbocycles. The highest BCUT2D eigenvalue weighted by atomic mass is 35.5. The van der Waals surface area contributed by atoms with Gasteiger partial charge in [0.15, 0.2) is 5.17 Å². The predicted molar refractivity (Wildman–Crippen MR) is 76.5 cm³/mol. The number of hydrogen-bond acceptors (Lipinski definition) is 2. The molecule has 1 unspecified atom stereocenters. The summed E-state index contributed by atoms with van der Waals surface area (Å²) in [6.45, 7) is 2.90. The zero-order valence-electron chi connectivity index (χ0n) is 10.1. The number of nitrogens with zero attached hydrogens (tertiary/aromatic N) is 2. The Labute approximate surface area is 116 Å². The van der Waals surface area contributed by atoms with Crippen LogP contribution in [0.5, 0.6) is 0 Å². The molecule has 18 heavy (non-hydrogen) atoms. The summed E-state index contributed by atoms with van der Waals surface area (Å²) >= 11 is 7.54. The van der Waals surface area contributed by atoms with Crippen molar-refractivity contribution < 1.29 is 4.79 Å². The Kier molecular flexibility index (Phi) is 4.66. The van der Waals surface area contributed by atoms with Crippen molar-refractivity contribution >= 4 is 34.4 Å².